The maximum absolute atomic E-state index is 11.7. The fraction of sp³-hybridized carbons (Fsp3) is 0.467. The van der Waals surface area contributed by atoms with Gasteiger partial charge in [-0.3, -0.25) is 0 Å². The van der Waals surface area contributed by atoms with Gasteiger partial charge in [-0.05, 0) is 24.6 Å². The summed E-state index contributed by atoms with van der Waals surface area (Å²) >= 11 is 0. The molecule has 0 amide bonds. The average Bonchev–Trinajstić information content (AvgIpc) is 2.47. The van der Waals surface area contributed by atoms with Gasteiger partial charge in [0.05, 0.1) is 37.9 Å². The first-order chi connectivity index (χ1) is 9.77. The number of esters is 1. The predicted octanol–water partition coefficient (Wildman–Crippen LogP) is 1.96. The van der Waals surface area contributed by atoms with Crippen LogP contribution in [0.1, 0.15) is 22.8 Å². The summed E-state index contributed by atoms with van der Waals surface area (Å²) in [6.45, 7) is 4.19. The Morgan fingerprint density at radius 2 is 1.75 bits per heavy atom. The molecule has 0 spiro atoms. The van der Waals surface area contributed by atoms with Crippen molar-refractivity contribution in [1.82, 2.24) is 0 Å². The number of carbonyl (C=O) groups is 1. The highest BCUT2D eigenvalue weighted by Crippen LogP contribution is 2.06. The van der Waals surface area contributed by atoms with Crippen LogP contribution < -0.4 is 0 Å². The summed E-state index contributed by atoms with van der Waals surface area (Å²) in [7, 11) is 0. The van der Waals surface area contributed by atoms with Crippen molar-refractivity contribution in [1.29, 1.82) is 5.26 Å². The van der Waals surface area contributed by atoms with E-state index in [2.05, 4.69) is 6.07 Å². The molecule has 0 aliphatic carbocycles. The second kappa shape index (κ2) is 9.96. The molecule has 1 aromatic rings. The standard InChI is InChI=1S/C15H19NO4/c1-2-18-9-10-19-11-12-20-15(17)14-5-3-13(4-6-14)7-8-16/h3-6H,2,7,9-12H2,1H3. The highest BCUT2D eigenvalue weighted by Gasteiger charge is 2.06. The van der Waals surface area contributed by atoms with Gasteiger partial charge in [0.15, 0.2) is 0 Å². The van der Waals surface area contributed by atoms with E-state index < -0.39 is 0 Å². The summed E-state index contributed by atoms with van der Waals surface area (Å²) in [5.41, 5.74) is 1.35. The lowest BCUT2D eigenvalue weighted by Gasteiger charge is -2.06. The van der Waals surface area contributed by atoms with Crippen LogP contribution in [0.2, 0.25) is 0 Å². The van der Waals surface area contributed by atoms with Crippen molar-refractivity contribution < 1.29 is 19.0 Å². The molecule has 0 N–H and O–H groups in total. The Kier molecular flexibility index (Phi) is 8.04. The normalized spacial score (nSPS) is 10.0. The molecule has 5 heteroatoms. The zero-order chi connectivity index (χ0) is 14.6. The molecule has 108 valence electrons. The van der Waals surface area contributed by atoms with Crippen molar-refractivity contribution in [2.24, 2.45) is 0 Å². The van der Waals surface area contributed by atoms with Crippen LogP contribution in [-0.4, -0.2) is 39.0 Å². The molecule has 0 aliphatic rings. The van der Waals surface area contributed by atoms with E-state index in [0.717, 1.165) is 5.56 Å². The summed E-state index contributed by atoms with van der Waals surface area (Å²) in [6.07, 6.45) is 0.336. The molecule has 0 unspecified atom stereocenters. The van der Waals surface area contributed by atoms with Gasteiger partial charge in [-0.15, -0.1) is 0 Å². The van der Waals surface area contributed by atoms with E-state index in [-0.39, 0.29) is 12.6 Å². The smallest absolute Gasteiger partial charge is 0.338 e. The monoisotopic (exact) mass is 277 g/mol. The van der Waals surface area contributed by atoms with E-state index in [1.165, 1.54) is 0 Å². The number of hydrogen-bond donors (Lipinski definition) is 0. The summed E-state index contributed by atoms with van der Waals surface area (Å²) in [5, 5.41) is 8.55. The molecule has 0 saturated carbocycles. The third-order valence-electron chi connectivity index (χ3n) is 2.51. The molecule has 0 aliphatic heterocycles. The number of benzene rings is 1. The van der Waals surface area contributed by atoms with Gasteiger partial charge >= 0.3 is 5.97 Å². The van der Waals surface area contributed by atoms with E-state index in [9.17, 15) is 4.79 Å². The summed E-state index contributed by atoms with van der Waals surface area (Å²) < 4.78 is 15.4. The maximum Gasteiger partial charge on any atom is 0.338 e. The Labute approximate surface area is 119 Å². The van der Waals surface area contributed by atoms with Crippen molar-refractivity contribution in [3.63, 3.8) is 0 Å². The summed E-state index contributed by atoms with van der Waals surface area (Å²) in [6, 6.07) is 8.86. The first-order valence-corrected chi connectivity index (χ1v) is 6.56. The Hall–Kier alpha value is -1.90. The number of ether oxygens (including phenoxy) is 3. The highest BCUT2D eigenvalue weighted by atomic mass is 16.6. The Morgan fingerprint density at radius 3 is 2.40 bits per heavy atom. The minimum atomic E-state index is -0.387. The highest BCUT2D eigenvalue weighted by molar-refractivity contribution is 5.89. The zero-order valence-electron chi connectivity index (χ0n) is 11.6. The Morgan fingerprint density at radius 1 is 1.10 bits per heavy atom. The van der Waals surface area contributed by atoms with Gasteiger partial charge < -0.3 is 14.2 Å². The van der Waals surface area contributed by atoms with Crippen molar-refractivity contribution in [3.05, 3.63) is 35.4 Å². The van der Waals surface area contributed by atoms with Gasteiger partial charge in [0, 0.05) is 6.61 Å². The topological polar surface area (TPSA) is 68.6 Å². The van der Waals surface area contributed by atoms with Crippen molar-refractivity contribution in [2.45, 2.75) is 13.3 Å². The predicted molar refractivity (Wildman–Crippen MR) is 73.4 cm³/mol. The fourth-order valence-corrected chi connectivity index (χ4v) is 1.49. The Balaban J connectivity index is 2.20. The van der Waals surface area contributed by atoms with Gasteiger partial charge in [0.1, 0.15) is 6.61 Å². The van der Waals surface area contributed by atoms with Crippen LogP contribution in [-0.2, 0) is 20.6 Å². The maximum atomic E-state index is 11.7. The minimum Gasteiger partial charge on any atom is -0.460 e. The van der Waals surface area contributed by atoms with Crippen molar-refractivity contribution in [2.75, 3.05) is 33.0 Å². The van der Waals surface area contributed by atoms with E-state index in [1.54, 1.807) is 24.3 Å². The number of nitriles is 1. The van der Waals surface area contributed by atoms with E-state index in [0.29, 0.717) is 38.4 Å². The molecular weight excluding hydrogens is 258 g/mol. The van der Waals surface area contributed by atoms with Gasteiger partial charge in [-0.2, -0.15) is 5.26 Å². The van der Waals surface area contributed by atoms with E-state index in [1.807, 2.05) is 6.92 Å². The molecule has 5 nitrogen and oxygen atoms in total. The first-order valence-electron chi connectivity index (χ1n) is 6.56. The van der Waals surface area contributed by atoms with E-state index in [4.69, 9.17) is 19.5 Å². The lowest BCUT2D eigenvalue weighted by atomic mass is 10.1. The SMILES string of the molecule is CCOCCOCCOC(=O)c1ccc(CC#N)cc1. The van der Waals surface area contributed by atoms with Gasteiger partial charge in [0.2, 0.25) is 0 Å². The summed E-state index contributed by atoms with van der Waals surface area (Å²) in [4.78, 5) is 11.7. The number of hydrogen-bond acceptors (Lipinski definition) is 5. The largest absolute Gasteiger partial charge is 0.460 e. The second-order valence-electron chi connectivity index (χ2n) is 3.98. The average molecular weight is 277 g/mol. The van der Waals surface area contributed by atoms with Crippen LogP contribution in [0.5, 0.6) is 0 Å². The third-order valence-corrected chi connectivity index (χ3v) is 2.51. The van der Waals surface area contributed by atoms with Crippen LogP contribution in [0, 0.1) is 11.3 Å². The van der Waals surface area contributed by atoms with Crippen molar-refractivity contribution >= 4 is 5.97 Å². The molecule has 0 heterocycles. The van der Waals surface area contributed by atoms with Crippen LogP contribution in [0.4, 0.5) is 0 Å². The molecule has 0 bridgehead atoms. The van der Waals surface area contributed by atoms with Crippen LogP contribution in [0.15, 0.2) is 24.3 Å². The van der Waals surface area contributed by atoms with E-state index >= 15 is 0 Å². The number of rotatable bonds is 9. The molecule has 0 saturated heterocycles. The summed E-state index contributed by atoms with van der Waals surface area (Å²) in [5.74, 6) is -0.387. The first kappa shape index (κ1) is 16.2. The van der Waals surface area contributed by atoms with Gasteiger partial charge in [-0.25, -0.2) is 4.79 Å². The lowest BCUT2D eigenvalue weighted by molar-refractivity contribution is 0.0164. The molecule has 20 heavy (non-hydrogen) atoms. The molecule has 0 radical (unpaired) electrons. The molecule has 0 aromatic heterocycles. The van der Waals surface area contributed by atoms with Gasteiger partial charge in [-0.1, -0.05) is 12.1 Å². The Bertz CT molecular complexity index is 436. The second-order valence-corrected chi connectivity index (χ2v) is 3.98. The third kappa shape index (κ3) is 6.32. The number of carbonyl (C=O) groups excluding carboxylic acids is 1. The lowest BCUT2D eigenvalue weighted by Crippen LogP contribution is -2.13. The zero-order valence-corrected chi connectivity index (χ0v) is 11.6. The molecular formula is C15H19NO4. The molecule has 0 atom stereocenters. The van der Waals surface area contributed by atoms with Crippen LogP contribution in [0.3, 0.4) is 0 Å². The van der Waals surface area contributed by atoms with Gasteiger partial charge in [0.25, 0.3) is 0 Å². The van der Waals surface area contributed by atoms with Crippen LogP contribution >= 0.6 is 0 Å². The minimum absolute atomic E-state index is 0.213. The molecule has 0 fully saturated rings. The fourth-order valence-electron chi connectivity index (χ4n) is 1.49. The molecule has 1 rings (SSSR count). The number of nitrogens with zero attached hydrogens (tertiary/aromatic N) is 1. The van der Waals surface area contributed by atoms with Crippen molar-refractivity contribution in [3.8, 4) is 6.07 Å². The molecule has 1 aromatic carbocycles. The van der Waals surface area contributed by atoms with Crippen LogP contribution in [0.25, 0.3) is 0 Å². The quantitative estimate of drug-likeness (QED) is 0.510.